The highest BCUT2D eigenvalue weighted by molar-refractivity contribution is 7.87. The van der Waals surface area contributed by atoms with Gasteiger partial charge in [0.05, 0.1) is 6.61 Å². The Morgan fingerprint density at radius 2 is 1.15 bits per heavy atom. The van der Waals surface area contributed by atoms with E-state index >= 15 is 0 Å². The van der Waals surface area contributed by atoms with Gasteiger partial charge in [-0.1, -0.05) is 76.9 Å². The molecule has 0 amide bonds. The van der Waals surface area contributed by atoms with Crippen molar-refractivity contribution in [2.75, 3.05) is 6.61 Å². The summed E-state index contributed by atoms with van der Waals surface area (Å²) in [6.45, 7) is 1.82. The summed E-state index contributed by atoms with van der Waals surface area (Å²) in [5, 5.41) is 0. The lowest BCUT2D eigenvalue weighted by molar-refractivity contribution is -0.0542. The maximum absolute atomic E-state index is 12.0. The van der Waals surface area contributed by atoms with Crippen LogP contribution in [0.15, 0.2) is 12.2 Å². The molecule has 0 aromatic carbocycles. The molecule has 7 heteroatoms. The number of hydrogen-bond acceptors (Lipinski definition) is 3. The topological polar surface area (TPSA) is 43.4 Å². The van der Waals surface area contributed by atoms with Crippen LogP contribution in [0, 0.1) is 0 Å². The van der Waals surface area contributed by atoms with Crippen LogP contribution in [-0.2, 0) is 14.3 Å². The lowest BCUT2D eigenvalue weighted by Crippen LogP contribution is -2.25. The van der Waals surface area contributed by atoms with E-state index in [2.05, 4.69) is 23.3 Å². The Kier molecular flexibility index (Phi) is 15.2. The average Bonchev–Trinajstić information content (AvgIpc) is 2.56. The van der Waals surface area contributed by atoms with Gasteiger partial charge in [0.25, 0.3) is 0 Å². The summed E-state index contributed by atoms with van der Waals surface area (Å²) in [7, 11) is -5.43. The molecule has 0 rings (SSSR count). The summed E-state index contributed by atoms with van der Waals surface area (Å²) >= 11 is 0. The zero-order chi connectivity index (χ0) is 19.7. The second-order valence-corrected chi connectivity index (χ2v) is 8.27. The molecule has 0 aliphatic carbocycles. The molecular weight excluding hydrogens is 365 g/mol. The van der Waals surface area contributed by atoms with Crippen molar-refractivity contribution in [2.24, 2.45) is 0 Å². The number of alkyl halides is 3. The van der Waals surface area contributed by atoms with Gasteiger partial charge >= 0.3 is 15.6 Å². The predicted octanol–water partition coefficient (Wildman–Crippen LogP) is 6.89. The van der Waals surface area contributed by atoms with Crippen molar-refractivity contribution >= 4 is 10.1 Å². The van der Waals surface area contributed by atoms with Crippen molar-refractivity contribution < 1.29 is 25.8 Å². The minimum Gasteiger partial charge on any atom is -0.263 e. The van der Waals surface area contributed by atoms with Crippen molar-refractivity contribution in [3.63, 3.8) is 0 Å². The first kappa shape index (κ1) is 25.4. The number of unbranched alkanes of at least 4 members (excludes halogenated alkanes) is 12. The van der Waals surface area contributed by atoms with Gasteiger partial charge in [-0.2, -0.15) is 21.6 Å². The van der Waals surface area contributed by atoms with E-state index in [0.29, 0.717) is 12.8 Å². The molecule has 0 aromatic heterocycles. The minimum atomic E-state index is -5.43. The van der Waals surface area contributed by atoms with Crippen molar-refractivity contribution in [3.8, 4) is 0 Å². The first-order chi connectivity index (χ1) is 12.3. The minimum absolute atomic E-state index is 0.327. The van der Waals surface area contributed by atoms with Gasteiger partial charge in [0.15, 0.2) is 0 Å². The summed E-state index contributed by atoms with van der Waals surface area (Å²) in [6.07, 6.45) is 19.8. The van der Waals surface area contributed by atoms with E-state index in [-0.39, 0.29) is 0 Å². The molecule has 0 saturated carbocycles. The Balaban J connectivity index is 3.33. The summed E-state index contributed by atoms with van der Waals surface area (Å²) in [5.74, 6) is 0. The number of halogens is 3. The molecule has 0 aliphatic rings. The fraction of sp³-hybridized carbons (Fsp3) is 0.895. The van der Waals surface area contributed by atoms with Gasteiger partial charge in [-0.05, 0) is 32.1 Å². The molecule has 0 bridgehead atoms. The fourth-order valence-electron chi connectivity index (χ4n) is 2.59. The molecule has 0 radical (unpaired) electrons. The Bertz CT molecular complexity index is 445. The third-order valence-electron chi connectivity index (χ3n) is 4.18. The zero-order valence-corrected chi connectivity index (χ0v) is 16.8. The van der Waals surface area contributed by atoms with Crippen LogP contribution in [-0.4, -0.2) is 20.5 Å². The van der Waals surface area contributed by atoms with E-state index in [0.717, 1.165) is 38.5 Å². The molecule has 26 heavy (non-hydrogen) atoms. The zero-order valence-electron chi connectivity index (χ0n) is 16.0. The first-order valence-corrected chi connectivity index (χ1v) is 11.3. The van der Waals surface area contributed by atoms with E-state index in [9.17, 15) is 21.6 Å². The highest BCUT2D eigenvalue weighted by atomic mass is 32.2. The fourth-order valence-corrected chi connectivity index (χ4v) is 3.06. The average molecular weight is 401 g/mol. The Hall–Kier alpha value is -0.560. The third kappa shape index (κ3) is 14.6. The van der Waals surface area contributed by atoms with Crippen LogP contribution in [0.4, 0.5) is 13.2 Å². The highest BCUT2D eigenvalue weighted by Crippen LogP contribution is 2.24. The lowest BCUT2D eigenvalue weighted by atomic mass is 10.1. The maximum Gasteiger partial charge on any atom is 0.523 e. The summed E-state index contributed by atoms with van der Waals surface area (Å²) in [4.78, 5) is 0. The van der Waals surface area contributed by atoms with Gasteiger partial charge in [-0.15, -0.1) is 0 Å². The summed E-state index contributed by atoms with van der Waals surface area (Å²) in [5.41, 5.74) is -5.32. The molecule has 3 nitrogen and oxygen atoms in total. The molecule has 0 spiro atoms. The van der Waals surface area contributed by atoms with Crippen LogP contribution in [0.1, 0.15) is 96.8 Å². The van der Waals surface area contributed by atoms with E-state index < -0.39 is 22.2 Å². The maximum atomic E-state index is 12.0. The summed E-state index contributed by atoms with van der Waals surface area (Å²) in [6, 6.07) is 0. The van der Waals surface area contributed by atoms with Gasteiger partial charge in [-0.3, -0.25) is 4.18 Å². The number of rotatable bonds is 17. The van der Waals surface area contributed by atoms with Crippen molar-refractivity contribution in [3.05, 3.63) is 12.2 Å². The molecule has 0 unspecified atom stereocenters. The number of allylic oxidation sites excluding steroid dienone is 2. The Morgan fingerprint density at radius 3 is 1.62 bits per heavy atom. The standard InChI is InChI=1S/C19H35F3O3S/c1-2-3-4-5-6-7-8-9-10-11-12-13-14-15-16-17-18-25-26(23,24)19(20,21)22/h9-10H,2-8,11-18H2,1H3/b10-9-. The molecule has 156 valence electrons. The SMILES string of the molecule is CCCCCCCC/C=C\CCCCCCCCOS(=O)(=O)C(F)(F)F. The smallest absolute Gasteiger partial charge is 0.263 e. The summed E-state index contributed by atoms with van der Waals surface area (Å²) < 4.78 is 61.3. The third-order valence-corrected chi connectivity index (χ3v) is 5.22. The Morgan fingerprint density at radius 1 is 0.731 bits per heavy atom. The predicted molar refractivity (Wildman–Crippen MR) is 100 cm³/mol. The highest BCUT2D eigenvalue weighted by Gasteiger charge is 2.47. The van der Waals surface area contributed by atoms with E-state index in [4.69, 9.17) is 0 Å². The van der Waals surface area contributed by atoms with Crippen LogP contribution in [0.2, 0.25) is 0 Å². The van der Waals surface area contributed by atoms with Crippen LogP contribution in [0.5, 0.6) is 0 Å². The molecular formula is C19H35F3O3S. The lowest BCUT2D eigenvalue weighted by Gasteiger charge is -2.07. The van der Waals surface area contributed by atoms with Gasteiger partial charge in [0, 0.05) is 0 Å². The van der Waals surface area contributed by atoms with Crippen molar-refractivity contribution in [1.29, 1.82) is 0 Å². The monoisotopic (exact) mass is 400 g/mol. The molecule has 0 aliphatic heterocycles. The largest absolute Gasteiger partial charge is 0.523 e. The molecule has 0 atom stereocenters. The van der Waals surface area contributed by atoms with Crippen LogP contribution < -0.4 is 0 Å². The van der Waals surface area contributed by atoms with Gasteiger partial charge in [0.1, 0.15) is 0 Å². The van der Waals surface area contributed by atoms with Gasteiger partial charge in [-0.25, -0.2) is 0 Å². The Labute approximate surface area is 157 Å². The molecule has 0 heterocycles. The van der Waals surface area contributed by atoms with Crippen molar-refractivity contribution in [2.45, 2.75) is 102 Å². The van der Waals surface area contributed by atoms with Crippen molar-refractivity contribution in [1.82, 2.24) is 0 Å². The molecule has 0 fully saturated rings. The van der Waals surface area contributed by atoms with E-state index in [1.807, 2.05) is 0 Å². The second-order valence-electron chi connectivity index (χ2n) is 6.66. The van der Waals surface area contributed by atoms with Gasteiger partial charge < -0.3 is 0 Å². The van der Waals surface area contributed by atoms with Gasteiger partial charge in [0.2, 0.25) is 0 Å². The van der Waals surface area contributed by atoms with Crippen LogP contribution >= 0.6 is 0 Å². The molecule has 0 saturated heterocycles. The quantitative estimate of drug-likeness (QED) is 0.116. The van der Waals surface area contributed by atoms with E-state index in [1.54, 1.807) is 0 Å². The molecule has 0 N–H and O–H groups in total. The number of hydrogen-bond donors (Lipinski definition) is 0. The second kappa shape index (κ2) is 15.5. The normalized spacial score (nSPS) is 12.9. The molecule has 0 aromatic rings. The van der Waals surface area contributed by atoms with Crippen LogP contribution in [0.25, 0.3) is 0 Å². The van der Waals surface area contributed by atoms with E-state index in [1.165, 1.54) is 38.5 Å². The first-order valence-electron chi connectivity index (χ1n) is 9.92. The van der Waals surface area contributed by atoms with Crippen LogP contribution in [0.3, 0.4) is 0 Å².